The molecule has 0 saturated carbocycles. The van der Waals surface area contributed by atoms with Crippen LogP contribution >= 0.6 is 0 Å². The van der Waals surface area contributed by atoms with E-state index in [9.17, 15) is 0 Å². The predicted molar refractivity (Wildman–Crippen MR) is 7.79 cm³/mol. The van der Waals surface area contributed by atoms with Crippen LogP contribution in [0.25, 0.3) is 0 Å². The summed E-state index contributed by atoms with van der Waals surface area (Å²) in [6.45, 7) is 0. The van der Waals surface area contributed by atoms with Crippen molar-refractivity contribution in [1.82, 2.24) is 0 Å². The van der Waals surface area contributed by atoms with E-state index < -0.39 is 17.3 Å². The first-order chi connectivity index (χ1) is 1.41. The Morgan fingerprint density at radius 2 is 1.25 bits per heavy atom. The van der Waals surface area contributed by atoms with Gasteiger partial charge in [0.15, 0.2) is 0 Å². The molecule has 0 aromatic heterocycles. The Kier molecular flexibility index (Phi) is 23.5. The zero-order chi connectivity index (χ0) is 2.71. The van der Waals surface area contributed by atoms with Gasteiger partial charge >= 0.3 is 24.4 Å². The van der Waals surface area contributed by atoms with Crippen molar-refractivity contribution in [2.45, 2.75) is 0 Å². The van der Waals surface area contributed by atoms with Crippen molar-refractivity contribution < 1.29 is 24.4 Å². The quantitative estimate of drug-likeness (QED) is 0.564. The molecule has 0 amide bonds. The van der Waals surface area contributed by atoms with Gasteiger partial charge in [-0.15, -0.1) is 0 Å². The van der Waals surface area contributed by atoms with E-state index in [0.29, 0.717) is 0 Å². The van der Waals surface area contributed by atoms with Crippen LogP contribution in [0.5, 0.6) is 0 Å². The van der Waals surface area contributed by atoms with Gasteiger partial charge in [0.25, 0.3) is 0 Å². The molecule has 0 saturated heterocycles. The van der Waals surface area contributed by atoms with Gasteiger partial charge in [0.05, 0.1) is 0 Å². The molecule has 0 aromatic rings. The molecule has 28 valence electrons. The predicted octanol–water partition coefficient (Wildman–Crippen LogP) is 0.210. The molecule has 0 spiro atoms. The monoisotopic (exact) mass is 239 g/mol. The third-order valence-electron chi connectivity index (χ3n) is 0. The standard InChI is InChI=1S/CH3.2O.Os/h1H3;;;/q-1;;;. The van der Waals surface area contributed by atoms with Crippen molar-refractivity contribution in [3.05, 3.63) is 7.43 Å². The van der Waals surface area contributed by atoms with Crippen LogP contribution in [0.4, 0.5) is 0 Å². The van der Waals surface area contributed by atoms with Crippen molar-refractivity contribution >= 4 is 0 Å². The first-order valence-electron chi connectivity index (χ1n) is 0.289. The molecule has 0 N–H and O–H groups in total. The average Bonchev–Trinajstić information content (AvgIpc) is 0.918. The molecule has 0 atom stereocenters. The van der Waals surface area contributed by atoms with Crippen molar-refractivity contribution in [3.63, 3.8) is 0 Å². The van der Waals surface area contributed by atoms with Crippen LogP contribution in [-0.2, 0) is 24.4 Å². The van der Waals surface area contributed by atoms with E-state index in [0.717, 1.165) is 0 Å². The van der Waals surface area contributed by atoms with Crippen molar-refractivity contribution in [3.8, 4) is 0 Å². The van der Waals surface area contributed by atoms with Crippen LogP contribution in [-0.4, -0.2) is 0 Å². The molecule has 0 bridgehead atoms. The van der Waals surface area contributed by atoms with Gasteiger partial charge in [-0.1, -0.05) is 0 Å². The summed E-state index contributed by atoms with van der Waals surface area (Å²) in [6.07, 6.45) is 0. The maximum atomic E-state index is 8.51. The van der Waals surface area contributed by atoms with E-state index in [1.54, 1.807) is 0 Å². The molecule has 0 aliphatic heterocycles. The third kappa shape index (κ3) is 61.2. The Morgan fingerprint density at radius 1 is 1.25 bits per heavy atom. The summed E-state index contributed by atoms with van der Waals surface area (Å²) < 4.78 is 17.0. The number of rotatable bonds is 0. The number of hydrogen-bond acceptors (Lipinski definition) is 2. The molecule has 0 heterocycles. The van der Waals surface area contributed by atoms with Crippen LogP contribution in [0.3, 0.4) is 0 Å². The summed E-state index contributed by atoms with van der Waals surface area (Å²) in [6, 6.07) is 0. The molecule has 0 rings (SSSR count). The van der Waals surface area contributed by atoms with E-state index in [4.69, 9.17) is 7.08 Å². The molecule has 2 nitrogen and oxygen atoms in total. The summed E-state index contributed by atoms with van der Waals surface area (Å²) in [5, 5.41) is 0. The van der Waals surface area contributed by atoms with Gasteiger partial charge < -0.3 is 7.43 Å². The summed E-state index contributed by atoms with van der Waals surface area (Å²) >= 11 is -2.08. The molecule has 0 fully saturated rings. The molecule has 0 aliphatic rings. The molecule has 3 heteroatoms. The second-order valence-electron chi connectivity index (χ2n) is 0.0589. The zero-order valence-electron chi connectivity index (χ0n) is 2.17. The van der Waals surface area contributed by atoms with Gasteiger partial charge in [-0.25, -0.2) is 0 Å². The molecule has 0 aliphatic carbocycles. The molecule has 0 radical (unpaired) electrons. The molecule has 4 heavy (non-hydrogen) atoms. The topological polar surface area (TPSA) is 34.1 Å². The molecule has 0 unspecified atom stereocenters. The van der Waals surface area contributed by atoms with Gasteiger partial charge in [0.1, 0.15) is 0 Å². The summed E-state index contributed by atoms with van der Waals surface area (Å²) in [5.74, 6) is 0. The minimum atomic E-state index is -2.08. The van der Waals surface area contributed by atoms with E-state index in [2.05, 4.69) is 0 Å². The third-order valence-corrected chi connectivity index (χ3v) is 0. The Bertz CT molecular complexity index is 27.0. The minimum absolute atomic E-state index is 0. The first-order valence-corrected chi connectivity index (χ1v) is 2.36. The molecule has 0 aromatic carbocycles. The SMILES string of the molecule is [CH3-].[O]=[Os]=[O]. The number of hydrogen-bond donors (Lipinski definition) is 0. The maximum absolute atomic E-state index is 8.51. The van der Waals surface area contributed by atoms with Crippen LogP contribution in [0, 0.1) is 7.43 Å². The van der Waals surface area contributed by atoms with E-state index in [1.807, 2.05) is 0 Å². The normalized spacial score (nSPS) is 4.00. The average molecular weight is 237 g/mol. The van der Waals surface area contributed by atoms with Gasteiger partial charge in [0.2, 0.25) is 0 Å². The zero-order valence-corrected chi connectivity index (χ0v) is 4.71. The Labute approximate surface area is 32.5 Å². The van der Waals surface area contributed by atoms with Gasteiger partial charge in [-0.05, 0) is 0 Å². The van der Waals surface area contributed by atoms with Crippen LogP contribution in [0.15, 0.2) is 0 Å². The van der Waals surface area contributed by atoms with Crippen LogP contribution in [0.1, 0.15) is 0 Å². The summed E-state index contributed by atoms with van der Waals surface area (Å²) in [7, 11) is 0. The summed E-state index contributed by atoms with van der Waals surface area (Å²) in [5.41, 5.74) is 0. The Balaban J connectivity index is 0. The van der Waals surface area contributed by atoms with Crippen molar-refractivity contribution in [2.75, 3.05) is 0 Å². The van der Waals surface area contributed by atoms with E-state index in [1.165, 1.54) is 0 Å². The van der Waals surface area contributed by atoms with Crippen molar-refractivity contribution in [1.29, 1.82) is 0 Å². The fourth-order valence-electron chi connectivity index (χ4n) is 0. The second kappa shape index (κ2) is 10.6. The second-order valence-corrected chi connectivity index (χ2v) is 0.482. The van der Waals surface area contributed by atoms with Crippen LogP contribution < -0.4 is 0 Å². The van der Waals surface area contributed by atoms with Crippen LogP contribution in [0.2, 0.25) is 0 Å². The Morgan fingerprint density at radius 3 is 1.25 bits per heavy atom. The fraction of sp³-hybridized carbons (Fsp3) is 0. The van der Waals surface area contributed by atoms with Gasteiger partial charge in [0, 0.05) is 0 Å². The molecular formula is CH3O2Os-. The Hall–Kier alpha value is 0.236. The fourth-order valence-corrected chi connectivity index (χ4v) is 0. The first kappa shape index (κ1) is 8.87. The van der Waals surface area contributed by atoms with E-state index in [-0.39, 0.29) is 7.43 Å². The van der Waals surface area contributed by atoms with Gasteiger partial charge in [-0.2, -0.15) is 0 Å². The summed E-state index contributed by atoms with van der Waals surface area (Å²) in [4.78, 5) is 0. The van der Waals surface area contributed by atoms with E-state index >= 15 is 0 Å². The molecular weight excluding hydrogens is 234 g/mol. The van der Waals surface area contributed by atoms with Gasteiger partial charge in [-0.3, -0.25) is 0 Å². The van der Waals surface area contributed by atoms with Crippen molar-refractivity contribution in [2.24, 2.45) is 0 Å².